The van der Waals surface area contributed by atoms with Gasteiger partial charge in [-0.25, -0.2) is 5.48 Å². The summed E-state index contributed by atoms with van der Waals surface area (Å²) < 4.78 is 1.92. The molecule has 0 atom stereocenters. The zero-order chi connectivity index (χ0) is 12.3. The molecule has 1 aromatic heterocycles. The summed E-state index contributed by atoms with van der Waals surface area (Å²) in [5, 5.41) is 4.30. The molecular weight excluding hydrogens is 220 g/mol. The largest absolute Gasteiger partial charge is 0.298 e. The lowest BCUT2D eigenvalue weighted by atomic mass is 10.3. The van der Waals surface area contributed by atoms with Gasteiger partial charge in [0.15, 0.2) is 5.69 Å². The predicted octanol–water partition coefficient (Wildman–Crippen LogP) is 0.400. The molecule has 0 aliphatic carbocycles. The molecule has 0 unspecified atom stereocenters. The van der Waals surface area contributed by atoms with Gasteiger partial charge >= 0.3 is 0 Å². The summed E-state index contributed by atoms with van der Waals surface area (Å²) in [5.41, 5.74) is 3.79. The van der Waals surface area contributed by atoms with Crippen LogP contribution in [0, 0.1) is 0 Å². The Labute approximate surface area is 100 Å². The molecule has 2 heterocycles. The summed E-state index contributed by atoms with van der Waals surface area (Å²) in [6, 6.07) is 1.84. The summed E-state index contributed by atoms with van der Waals surface area (Å²) in [6.45, 7) is 5.96. The van der Waals surface area contributed by atoms with Gasteiger partial charge in [0.2, 0.25) is 0 Å². The van der Waals surface area contributed by atoms with Gasteiger partial charge in [-0.1, -0.05) is 6.92 Å². The van der Waals surface area contributed by atoms with E-state index in [9.17, 15) is 4.79 Å². The number of aryl methyl sites for hydroxylation is 1. The molecule has 1 aliphatic heterocycles. The van der Waals surface area contributed by atoms with Gasteiger partial charge in [-0.15, -0.1) is 0 Å². The molecular formula is C11H18N4O2. The fourth-order valence-electron chi connectivity index (χ4n) is 2.05. The summed E-state index contributed by atoms with van der Waals surface area (Å²) in [5.74, 6) is -0.295. The van der Waals surface area contributed by atoms with Crippen molar-refractivity contribution >= 4 is 5.91 Å². The smallest absolute Gasteiger partial charge is 0.295 e. The van der Waals surface area contributed by atoms with Crippen molar-refractivity contribution in [1.29, 1.82) is 0 Å². The first kappa shape index (κ1) is 12.1. The van der Waals surface area contributed by atoms with Crippen molar-refractivity contribution in [2.75, 3.05) is 20.2 Å². The van der Waals surface area contributed by atoms with E-state index in [1.54, 1.807) is 0 Å². The molecule has 1 N–H and O–H groups in total. The third-order valence-corrected chi connectivity index (χ3v) is 2.97. The second-order valence-electron chi connectivity index (χ2n) is 4.10. The molecule has 17 heavy (non-hydrogen) atoms. The van der Waals surface area contributed by atoms with E-state index in [0.29, 0.717) is 5.69 Å². The number of hydrogen-bond donors (Lipinski definition) is 1. The van der Waals surface area contributed by atoms with E-state index in [2.05, 4.69) is 27.2 Å². The van der Waals surface area contributed by atoms with E-state index in [-0.39, 0.29) is 5.91 Å². The number of rotatable bonds is 3. The van der Waals surface area contributed by atoms with E-state index in [0.717, 1.165) is 38.3 Å². The first-order chi connectivity index (χ1) is 8.24. The first-order valence-electron chi connectivity index (χ1n) is 5.87. The number of nitrogens with one attached hydrogen (secondary N) is 1. The summed E-state index contributed by atoms with van der Waals surface area (Å²) in [6.07, 6.45) is 1.06. The average Bonchev–Trinajstić information content (AvgIpc) is 2.62. The molecule has 0 saturated carbocycles. The highest BCUT2D eigenvalue weighted by Gasteiger charge is 2.18. The lowest BCUT2D eigenvalue weighted by Gasteiger charge is -2.15. The highest BCUT2D eigenvalue weighted by Crippen LogP contribution is 2.13. The number of hydrogen-bond acceptors (Lipinski definition) is 4. The monoisotopic (exact) mass is 238 g/mol. The van der Waals surface area contributed by atoms with Gasteiger partial charge in [-0.2, -0.15) is 5.10 Å². The van der Waals surface area contributed by atoms with Crippen LogP contribution in [0.3, 0.4) is 0 Å². The van der Waals surface area contributed by atoms with Crippen LogP contribution in [0.15, 0.2) is 6.07 Å². The van der Waals surface area contributed by atoms with Crippen LogP contribution in [0.25, 0.3) is 0 Å². The lowest BCUT2D eigenvalue weighted by molar-refractivity contribution is 0.0531. The Kier molecular flexibility index (Phi) is 3.75. The molecule has 2 rings (SSSR count). The standard InChI is InChI=1S/C11H18N4O2/c1-3-14-5-4-6-15-9(8-14)7-10(12-15)11(16)13-17-2/h7H,3-6,8H2,1-2H3,(H,13,16). The number of amides is 1. The Hall–Kier alpha value is -1.40. The number of fused-ring (bicyclic) bond motifs is 1. The molecule has 1 aliphatic rings. The zero-order valence-electron chi connectivity index (χ0n) is 10.3. The number of nitrogens with zero attached hydrogens (tertiary/aromatic N) is 3. The molecule has 0 bridgehead atoms. The van der Waals surface area contributed by atoms with Crippen LogP contribution in [-0.2, 0) is 17.9 Å². The molecule has 6 nitrogen and oxygen atoms in total. The second-order valence-corrected chi connectivity index (χ2v) is 4.10. The Balaban J connectivity index is 2.17. The fourth-order valence-corrected chi connectivity index (χ4v) is 2.05. The molecule has 94 valence electrons. The molecule has 0 fully saturated rings. The summed E-state index contributed by atoms with van der Waals surface area (Å²) >= 11 is 0. The van der Waals surface area contributed by atoms with Crippen molar-refractivity contribution in [3.63, 3.8) is 0 Å². The van der Waals surface area contributed by atoms with Crippen molar-refractivity contribution in [2.24, 2.45) is 0 Å². The third kappa shape index (κ3) is 2.65. The van der Waals surface area contributed by atoms with Crippen LogP contribution < -0.4 is 5.48 Å². The van der Waals surface area contributed by atoms with Crippen LogP contribution in [0.5, 0.6) is 0 Å². The van der Waals surface area contributed by atoms with Gasteiger partial charge in [0, 0.05) is 19.6 Å². The minimum Gasteiger partial charge on any atom is -0.298 e. The van der Waals surface area contributed by atoms with Crippen LogP contribution in [0.1, 0.15) is 29.5 Å². The van der Waals surface area contributed by atoms with E-state index < -0.39 is 0 Å². The van der Waals surface area contributed by atoms with Gasteiger partial charge in [0.1, 0.15) is 0 Å². The van der Waals surface area contributed by atoms with Gasteiger partial charge in [-0.05, 0) is 19.0 Å². The van der Waals surface area contributed by atoms with E-state index >= 15 is 0 Å². The summed E-state index contributed by atoms with van der Waals surface area (Å²) in [7, 11) is 1.41. The Morgan fingerprint density at radius 3 is 3.12 bits per heavy atom. The zero-order valence-corrected chi connectivity index (χ0v) is 10.3. The van der Waals surface area contributed by atoms with Crippen molar-refractivity contribution < 1.29 is 9.63 Å². The maximum atomic E-state index is 11.6. The molecule has 6 heteroatoms. The van der Waals surface area contributed by atoms with Crippen LogP contribution in [-0.4, -0.2) is 40.8 Å². The normalized spacial score (nSPS) is 16.4. The Morgan fingerprint density at radius 1 is 1.59 bits per heavy atom. The van der Waals surface area contributed by atoms with Gasteiger partial charge in [0.25, 0.3) is 5.91 Å². The van der Waals surface area contributed by atoms with E-state index in [1.165, 1.54) is 7.11 Å². The van der Waals surface area contributed by atoms with Gasteiger partial charge in [-0.3, -0.25) is 19.2 Å². The highest BCUT2D eigenvalue weighted by molar-refractivity contribution is 5.91. The quantitative estimate of drug-likeness (QED) is 0.774. The van der Waals surface area contributed by atoms with E-state index in [4.69, 9.17) is 0 Å². The Bertz CT molecular complexity index is 402. The maximum absolute atomic E-state index is 11.6. The number of carbonyl (C=O) groups is 1. The molecule has 1 aromatic rings. The highest BCUT2D eigenvalue weighted by atomic mass is 16.6. The van der Waals surface area contributed by atoms with Crippen molar-refractivity contribution in [3.8, 4) is 0 Å². The fraction of sp³-hybridized carbons (Fsp3) is 0.636. The van der Waals surface area contributed by atoms with Crippen molar-refractivity contribution in [3.05, 3.63) is 17.5 Å². The average molecular weight is 238 g/mol. The van der Waals surface area contributed by atoms with Gasteiger partial charge in [0.05, 0.1) is 12.8 Å². The predicted molar refractivity (Wildman–Crippen MR) is 62.3 cm³/mol. The molecule has 1 amide bonds. The molecule has 0 radical (unpaired) electrons. The SMILES string of the molecule is CCN1CCCn2nc(C(=O)NOC)cc2C1. The topological polar surface area (TPSA) is 59.4 Å². The minimum atomic E-state index is -0.295. The first-order valence-corrected chi connectivity index (χ1v) is 5.87. The third-order valence-electron chi connectivity index (χ3n) is 2.97. The maximum Gasteiger partial charge on any atom is 0.295 e. The molecule has 0 spiro atoms. The number of carbonyl (C=O) groups excluding carboxylic acids is 1. The van der Waals surface area contributed by atoms with Crippen LogP contribution >= 0.6 is 0 Å². The Morgan fingerprint density at radius 2 is 2.41 bits per heavy atom. The van der Waals surface area contributed by atoms with Crippen molar-refractivity contribution in [1.82, 2.24) is 20.2 Å². The lowest BCUT2D eigenvalue weighted by Crippen LogP contribution is -2.23. The minimum absolute atomic E-state index is 0.295. The molecule has 0 saturated heterocycles. The van der Waals surface area contributed by atoms with Crippen LogP contribution in [0.4, 0.5) is 0 Å². The van der Waals surface area contributed by atoms with E-state index in [1.807, 2.05) is 10.7 Å². The summed E-state index contributed by atoms with van der Waals surface area (Å²) in [4.78, 5) is 18.5. The van der Waals surface area contributed by atoms with Crippen molar-refractivity contribution in [2.45, 2.75) is 26.4 Å². The molecule has 0 aromatic carbocycles. The van der Waals surface area contributed by atoms with Crippen LogP contribution in [0.2, 0.25) is 0 Å². The second kappa shape index (κ2) is 5.29. The van der Waals surface area contributed by atoms with Gasteiger partial charge < -0.3 is 0 Å². The number of hydroxylamine groups is 1. The number of aromatic nitrogens is 2.